The molecule has 1 heterocycles. The summed E-state index contributed by atoms with van der Waals surface area (Å²) in [6.07, 6.45) is 0.429. The molecule has 0 aromatic heterocycles. The SMILES string of the molecule is CC(c1ccc(Cl)cc1)N(C)C(=O)C1CCS(=O)(=O)C1. The van der Waals surface area contributed by atoms with Crippen LogP contribution < -0.4 is 0 Å². The highest BCUT2D eigenvalue weighted by Gasteiger charge is 2.35. The molecule has 1 aromatic carbocycles. The molecule has 6 heteroatoms. The summed E-state index contributed by atoms with van der Waals surface area (Å²) in [6.45, 7) is 1.92. The first kappa shape index (κ1) is 15.3. The first-order chi connectivity index (χ1) is 9.30. The molecule has 0 aliphatic carbocycles. The normalized spacial score (nSPS) is 22.4. The number of carbonyl (C=O) groups is 1. The van der Waals surface area contributed by atoms with Gasteiger partial charge in [-0.3, -0.25) is 4.79 Å². The highest BCUT2D eigenvalue weighted by Crippen LogP contribution is 2.26. The fourth-order valence-corrected chi connectivity index (χ4v) is 4.29. The smallest absolute Gasteiger partial charge is 0.226 e. The van der Waals surface area contributed by atoms with Gasteiger partial charge in [0.15, 0.2) is 9.84 Å². The maximum Gasteiger partial charge on any atom is 0.226 e. The van der Waals surface area contributed by atoms with Gasteiger partial charge in [-0.15, -0.1) is 0 Å². The lowest BCUT2D eigenvalue weighted by atomic mass is 10.0. The van der Waals surface area contributed by atoms with E-state index in [1.54, 1.807) is 24.1 Å². The van der Waals surface area contributed by atoms with Gasteiger partial charge in [0, 0.05) is 12.1 Å². The topological polar surface area (TPSA) is 54.5 Å². The minimum Gasteiger partial charge on any atom is -0.339 e. The van der Waals surface area contributed by atoms with Crippen molar-refractivity contribution in [3.05, 3.63) is 34.9 Å². The second-order valence-corrected chi connectivity index (χ2v) is 7.94. The van der Waals surface area contributed by atoms with Crippen LogP contribution in [0.4, 0.5) is 0 Å². The number of carbonyl (C=O) groups excluding carboxylic acids is 1. The predicted octanol–water partition coefficient (Wildman–Crippen LogP) is 2.29. The molecule has 1 aliphatic rings. The zero-order valence-corrected chi connectivity index (χ0v) is 13.1. The van der Waals surface area contributed by atoms with Crippen LogP contribution >= 0.6 is 11.6 Å². The van der Waals surface area contributed by atoms with Gasteiger partial charge in [0.2, 0.25) is 5.91 Å². The van der Waals surface area contributed by atoms with Crippen LogP contribution in [0.25, 0.3) is 0 Å². The Balaban J connectivity index is 2.08. The summed E-state index contributed by atoms with van der Waals surface area (Å²) in [5.74, 6) is -0.413. The van der Waals surface area contributed by atoms with Gasteiger partial charge < -0.3 is 4.90 Å². The van der Waals surface area contributed by atoms with Gasteiger partial charge in [-0.25, -0.2) is 8.42 Å². The van der Waals surface area contributed by atoms with E-state index in [4.69, 9.17) is 11.6 Å². The van der Waals surface area contributed by atoms with Crippen molar-refractivity contribution in [3.63, 3.8) is 0 Å². The van der Waals surface area contributed by atoms with Crippen LogP contribution in [0.2, 0.25) is 5.02 Å². The van der Waals surface area contributed by atoms with Crippen LogP contribution in [0.15, 0.2) is 24.3 Å². The molecule has 1 amide bonds. The third-order valence-corrected chi connectivity index (χ3v) is 5.88. The van der Waals surface area contributed by atoms with E-state index in [1.807, 2.05) is 19.1 Å². The van der Waals surface area contributed by atoms with E-state index in [1.165, 1.54) is 0 Å². The maximum absolute atomic E-state index is 12.4. The summed E-state index contributed by atoms with van der Waals surface area (Å²) in [7, 11) is -1.32. The Morgan fingerprint density at radius 3 is 2.45 bits per heavy atom. The Morgan fingerprint density at radius 2 is 1.95 bits per heavy atom. The van der Waals surface area contributed by atoms with Crippen molar-refractivity contribution in [2.45, 2.75) is 19.4 Å². The van der Waals surface area contributed by atoms with Gasteiger partial charge >= 0.3 is 0 Å². The lowest BCUT2D eigenvalue weighted by Gasteiger charge is -2.27. The molecule has 0 spiro atoms. The Hall–Kier alpha value is -1.07. The van der Waals surface area contributed by atoms with E-state index in [-0.39, 0.29) is 23.5 Å². The van der Waals surface area contributed by atoms with Gasteiger partial charge in [-0.05, 0) is 31.0 Å². The zero-order valence-electron chi connectivity index (χ0n) is 11.5. The van der Waals surface area contributed by atoms with E-state index < -0.39 is 15.8 Å². The molecule has 4 nitrogen and oxygen atoms in total. The number of benzene rings is 1. The molecule has 20 heavy (non-hydrogen) atoms. The molecule has 110 valence electrons. The number of amides is 1. The second kappa shape index (κ2) is 5.74. The highest BCUT2D eigenvalue weighted by atomic mass is 35.5. The zero-order chi connectivity index (χ0) is 14.9. The summed E-state index contributed by atoms with van der Waals surface area (Å²) in [4.78, 5) is 14.0. The predicted molar refractivity (Wildman–Crippen MR) is 79.4 cm³/mol. The largest absolute Gasteiger partial charge is 0.339 e. The molecular formula is C14H18ClNO3S. The third-order valence-electron chi connectivity index (χ3n) is 3.86. The van der Waals surface area contributed by atoms with E-state index in [0.717, 1.165) is 5.56 Å². The standard InChI is InChI=1S/C14H18ClNO3S/c1-10(11-3-5-13(15)6-4-11)16(2)14(17)12-7-8-20(18,19)9-12/h3-6,10,12H,7-9H2,1-2H3. The van der Waals surface area contributed by atoms with Crippen molar-refractivity contribution >= 4 is 27.3 Å². The average Bonchev–Trinajstić information content (AvgIpc) is 2.77. The summed E-state index contributed by atoms with van der Waals surface area (Å²) < 4.78 is 22.9. The van der Waals surface area contributed by atoms with E-state index >= 15 is 0 Å². The molecule has 0 saturated carbocycles. The highest BCUT2D eigenvalue weighted by molar-refractivity contribution is 7.91. The minimum absolute atomic E-state index is 0.0243. The molecule has 0 radical (unpaired) electrons. The van der Waals surface area contributed by atoms with Crippen LogP contribution in [-0.2, 0) is 14.6 Å². The molecule has 1 aromatic rings. The fourth-order valence-electron chi connectivity index (χ4n) is 2.43. The van der Waals surface area contributed by atoms with E-state index in [2.05, 4.69) is 0 Å². The number of sulfone groups is 1. The molecule has 1 fully saturated rings. The van der Waals surface area contributed by atoms with Gasteiger partial charge in [-0.2, -0.15) is 0 Å². The van der Waals surface area contributed by atoms with Crippen LogP contribution in [0.3, 0.4) is 0 Å². The first-order valence-electron chi connectivity index (χ1n) is 6.53. The number of rotatable bonds is 3. The number of hydrogen-bond donors (Lipinski definition) is 0. The maximum atomic E-state index is 12.4. The molecule has 1 saturated heterocycles. The van der Waals surface area contributed by atoms with Crippen LogP contribution in [0, 0.1) is 5.92 Å². The molecule has 2 unspecified atom stereocenters. The van der Waals surface area contributed by atoms with Crippen molar-refractivity contribution < 1.29 is 13.2 Å². The second-order valence-electron chi connectivity index (χ2n) is 5.28. The van der Waals surface area contributed by atoms with E-state index in [0.29, 0.717) is 11.4 Å². The van der Waals surface area contributed by atoms with Gasteiger partial charge in [0.05, 0.1) is 23.5 Å². The van der Waals surface area contributed by atoms with Gasteiger partial charge in [0.1, 0.15) is 0 Å². The molecule has 0 N–H and O–H groups in total. The van der Waals surface area contributed by atoms with Crippen LogP contribution in [0.5, 0.6) is 0 Å². The van der Waals surface area contributed by atoms with Crippen molar-refractivity contribution in [2.75, 3.05) is 18.6 Å². The number of hydrogen-bond acceptors (Lipinski definition) is 3. The quantitative estimate of drug-likeness (QED) is 0.860. The third kappa shape index (κ3) is 3.33. The monoisotopic (exact) mass is 315 g/mol. The Bertz CT molecular complexity index is 597. The summed E-state index contributed by atoms with van der Waals surface area (Å²) >= 11 is 5.85. The van der Waals surface area contributed by atoms with Crippen molar-refractivity contribution in [3.8, 4) is 0 Å². The van der Waals surface area contributed by atoms with Crippen LogP contribution in [0.1, 0.15) is 24.9 Å². The summed E-state index contributed by atoms with van der Waals surface area (Å²) in [5, 5.41) is 0.650. The molecule has 1 aliphatic heterocycles. The minimum atomic E-state index is -3.03. The Kier molecular flexibility index (Phi) is 4.39. The first-order valence-corrected chi connectivity index (χ1v) is 8.72. The lowest BCUT2D eigenvalue weighted by molar-refractivity contribution is -0.135. The van der Waals surface area contributed by atoms with E-state index in [9.17, 15) is 13.2 Å². The Labute approximate surface area is 124 Å². The van der Waals surface area contributed by atoms with Gasteiger partial charge in [0.25, 0.3) is 0 Å². The molecule has 2 atom stereocenters. The molecular weight excluding hydrogens is 298 g/mol. The average molecular weight is 316 g/mol. The Morgan fingerprint density at radius 1 is 1.35 bits per heavy atom. The molecule has 0 bridgehead atoms. The summed E-state index contributed by atoms with van der Waals surface area (Å²) in [5.41, 5.74) is 0.978. The van der Waals surface area contributed by atoms with Crippen LogP contribution in [-0.4, -0.2) is 37.8 Å². The van der Waals surface area contributed by atoms with Crippen molar-refractivity contribution in [1.29, 1.82) is 0 Å². The van der Waals surface area contributed by atoms with Gasteiger partial charge in [-0.1, -0.05) is 23.7 Å². The number of halogens is 1. The summed E-state index contributed by atoms with van der Waals surface area (Å²) in [6, 6.07) is 7.21. The fraction of sp³-hybridized carbons (Fsp3) is 0.500. The van der Waals surface area contributed by atoms with Crippen molar-refractivity contribution in [2.24, 2.45) is 5.92 Å². The number of nitrogens with zero attached hydrogens (tertiary/aromatic N) is 1. The lowest BCUT2D eigenvalue weighted by Crippen LogP contribution is -2.35. The van der Waals surface area contributed by atoms with Crippen molar-refractivity contribution in [1.82, 2.24) is 4.90 Å². The molecule has 2 rings (SSSR count).